The molecule has 6 heteroatoms. The molecule has 1 aromatic rings. The molecule has 28 heavy (non-hydrogen) atoms. The molecule has 2 fully saturated rings. The molecule has 156 valence electrons. The highest BCUT2D eigenvalue weighted by Crippen LogP contribution is 2.26. The van der Waals surface area contributed by atoms with Crippen LogP contribution in [0.2, 0.25) is 0 Å². The van der Waals surface area contributed by atoms with E-state index in [9.17, 15) is 0 Å². The molecule has 2 aliphatic rings. The van der Waals surface area contributed by atoms with Crippen LogP contribution in [0.15, 0.2) is 29.3 Å². The molecule has 1 saturated carbocycles. The molecule has 0 bridgehead atoms. The standard InChI is InChI=1S/C22H35N3O3/c1-23-22(24-12-6-13-26-16-18-11-14-27-17-18)25-15-19-7-2-5-10-21(19)28-20-8-3-4-9-20/h2,5,7,10,18,20H,3-4,6,8-9,11-17H2,1H3,(H2,23,24,25). The Morgan fingerprint density at radius 1 is 1.18 bits per heavy atom. The van der Waals surface area contributed by atoms with Gasteiger partial charge in [0.05, 0.1) is 19.3 Å². The minimum absolute atomic E-state index is 0.370. The van der Waals surface area contributed by atoms with E-state index in [2.05, 4.69) is 33.8 Å². The summed E-state index contributed by atoms with van der Waals surface area (Å²) >= 11 is 0. The quantitative estimate of drug-likeness (QED) is 0.366. The lowest BCUT2D eigenvalue weighted by atomic mass is 10.1. The lowest BCUT2D eigenvalue weighted by Crippen LogP contribution is -2.37. The van der Waals surface area contributed by atoms with Crippen molar-refractivity contribution in [3.63, 3.8) is 0 Å². The Morgan fingerprint density at radius 2 is 2.04 bits per heavy atom. The molecule has 0 spiro atoms. The number of nitrogens with one attached hydrogen (secondary N) is 2. The van der Waals surface area contributed by atoms with Crippen molar-refractivity contribution in [3.05, 3.63) is 29.8 Å². The Labute approximate surface area is 169 Å². The normalized spacial score (nSPS) is 20.5. The zero-order valence-corrected chi connectivity index (χ0v) is 17.1. The van der Waals surface area contributed by atoms with Crippen LogP contribution >= 0.6 is 0 Å². The van der Waals surface area contributed by atoms with Crippen LogP contribution in [0.25, 0.3) is 0 Å². The van der Waals surface area contributed by atoms with Crippen LogP contribution in [0.1, 0.15) is 44.1 Å². The maximum absolute atomic E-state index is 6.21. The number of hydrogen-bond acceptors (Lipinski definition) is 4. The first-order valence-corrected chi connectivity index (χ1v) is 10.7. The first kappa shape index (κ1) is 20.9. The Balaban J connectivity index is 1.33. The average Bonchev–Trinajstić information content (AvgIpc) is 3.42. The summed E-state index contributed by atoms with van der Waals surface area (Å²) in [6, 6.07) is 8.28. The molecule has 6 nitrogen and oxygen atoms in total. The van der Waals surface area contributed by atoms with Gasteiger partial charge in [0.15, 0.2) is 5.96 Å². The number of aliphatic imine (C=N–C) groups is 1. The lowest BCUT2D eigenvalue weighted by molar-refractivity contribution is 0.0888. The monoisotopic (exact) mass is 389 g/mol. The van der Waals surface area contributed by atoms with E-state index in [4.69, 9.17) is 14.2 Å². The fourth-order valence-corrected chi connectivity index (χ4v) is 3.70. The molecule has 1 aliphatic carbocycles. The first-order valence-electron chi connectivity index (χ1n) is 10.7. The molecular formula is C22H35N3O3. The summed E-state index contributed by atoms with van der Waals surface area (Å²) in [6.45, 7) is 4.83. The molecule has 1 unspecified atom stereocenters. The molecule has 1 heterocycles. The van der Waals surface area contributed by atoms with Crippen molar-refractivity contribution >= 4 is 5.96 Å². The molecule has 1 aliphatic heterocycles. The second kappa shape index (κ2) is 11.9. The SMILES string of the molecule is CN=C(NCCCOCC1CCOC1)NCc1ccccc1OC1CCCC1. The number of rotatable bonds is 10. The molecule has 0 radical (unpaired) electrons. The molecule has 0 aromatic heterocycles. The van der Waals surface area contributed by atoms with Gasteiger partial charge < -0.3 is 24.8 Å². The van der Waals surface area contributed by atoms with E-state index in [0.717, 1.165) is 57.5 Å². The predicted octanol–water partition coefficient (Wildman–Crippen LogP) is 3.12. The first-order chi connectivity index (χ1) is 13.8. The number of ether oxygens (including phenoxy) is 3. The van der Waals surface area contributed by atoms with Crippen LogP contribution in [0.4, 0.5) is 0 Å². The zero-order chi connectivity index (χ0) is 19.4. The van der Waals surface area contributed by atoms with Gasteiger partial charge in [0.2, 0.25) is 0 Å². The van der Waals surface area contributed by atoms with E-state index in [1.807, 2.05) is 6.07 Å². The van der Waals surface area contributed by atoms with Gasteiger partial charge in [0.1, 0.15) is 5.75 Å². The van der Waals surface area contributed by atoms with E-state index in [1.165, 1.54) is 31.2 Å². The van der Waals surface area contributed by atoms with Gasteiger partial charge in [-0.15, -0.1) is 0 Å². The molecular weight excluding hydrogens is 354 g/mol. The summed E-state index contributed by atoms with van der Waals surface area (Å²) in [6.07, 6.45) is 7.34. The molecule has 1 atom stereocenters. The maximum Gasteiger partial charge on any atom is 0.191 e. The number of hydrogen-bond donors (Lipinski definition) is 2. The summed E-state index contributed by atoms with van der Waals surface area (Å²) < 4.78 is 17.3. The van der Waals surface area contributed by atoms with Crippen LogP contribution in [0.5, 0.6) is 5.75 Å². The average molecular weight is 390 g/mol. The van der Waals surface area contributed by atoms with E-state index in [1.54, 1.807) is 7.05 Å². The summed E-state index contributed by atoms with van der Waals surface area (Å²) in [5.74, 6) is 2.37. The second-order valence-electron chi connectivity index (χ2n) is 7.64. The van der Waals surface area contributed by atoms with Crippen molar-refractivity contribution in [1.82, 2.24) is 10.6 Å². The van der Waals surface area contributed by atoms with E-state index >= 15 is 0 Å². The zero-order valence-electron chi connectivity index (χ0n) is 17.1. The van der Waals surface area contributed by atoms with Crippen LogP contribution in [-0.2, 0) is 16.0 Å². The molecule has 1 aromatic carbocycles. The van der Waals surface area contributed by atoms with E-state index < -0.39 is 0 Å². The highest BCUT2D eigenvalue weighted by Gasteiger charge is 2.18. The Kier molecular flexibility index (Phi) is 8.91. The summed E-state index contributed by atoms with van der Waals surface area (Å²) in [4.78, 5) is 4.31. The van der Waals surface area contributed by atoms with Crippen molar-refractivity contribution < 1.29 is 14.2 Å². The van der Waals surface area contributed by atoms with Gasteiger partial charge in [-0.1, -0.05) is 18.2 Å². The van der Waals surface area contributed by atoms with Crippen LogP contribution < -0.4 is 15.4 Å². The predicted molar refractivity (Wildman–Crippen MR) is 112 cm³/mol. The van der Waals surface area contributed by atoms with Crippen LogP contribution in [0.3, 0.4) is 0 Å². The Hall–Kier alpha value is -1.79. The Bertz CT molecular complexity index is 596. The van der Waals surface area contributed by atoms with Crippen molar-refractivity contribution in [2.45, 2.75) is 51.2 Å². The van der Waals surface area contributed by atoms with E-state index in [0.29, 0.717) is 18.6 Å². The van der Waals surface area contributed by atoms with E-state index in [-0.39, 0.29) is 0 Å². The molecule has 0 amide bonds. The van der Waals surface area contributed by atoms with Gasteiger partial charge in [0.25, 0.3) is 0 Å². The fourth-order valence-electron chi connectivity index (χ4n) is 3.70. The number of guanidine groups is 1. The minimum Gasteiger partial charge on any atom is -0.490 e. The van der Waals surface area contributed by atoms with Gasteiger partial charge in [-0.3, -0.25) is 4.99 Å². The van der Waals surface area contributed by atoms with Gasteiger partial charge in [0, 0.05) is 44.8 Å². The smallest absolute Gasteiger partial charge is 0.191 e. The molecule has 3 rings (SSSR count). The van der Waals surface area contributed by atoms with Gasteiger partial charge in [-0.05, 0) is 44.6 Å². The summed E-state index contributed by atoms with van der Waals surface area (Å²) in [5.41, 5.74) is 1.17. The number of para-hydroxylation sites is 1. The Morgan fingerprint density at radius 3 is 2.82 bits per heavy atom. The minimum atomic E-state index is 0.370. The number of nitrogens with zero attached hydrogens (tertiary/aromatic N) is 1. The lowest BCUT2D eigenvalue weighted by Gasteiger charge is -2.18. The fraction of sp³-hybridized carbons (Fsp3) is 0.682. The van der Waals surface area contributed by atoms with Crippen LogP contribution in [0, 0.1) is 5.92 Å². The van der Waals surface area contributed by atoms with Crippen molar-refractivity contribution in [2.75, 3.05) is 40.0 Å². The van der Waals surface area contributed by atoms with Crippen molar-refractivity contribution in [3.8, 4) is 5.75 Å². The van der Waals surface area contributed by atoms with Crippen LogP contribution in [-0.4, -0.2) is 52.1 Å². The topological polar surface area (TPSA) is 64.1 Å². The maximum atomic E-state index is 6.21. The summed E-state index contributed by atoms with van der Waals surface area (Å²) in [7, 11) is 1.80. The van der Waals surface area contributed by atoms with Crippen molar-refractivity contribution in [2.24, 2.45) is 10.9 Å². The third-order valence-electron chi connectivity index (χ3n) is 5.37. The second-order valence-corrected chi connectivity index (χ2v) is 7.64. The third-order valence-corrected chi connectivity index (χ3v) is 5.37. The van der Waals surface area contributed by atoms with Gasteiger partial charge in [-0.25, -0.2) is 0 Å². The van der Waals surface area contributed by atoms with Crippen molar-refractivity contribution in [1.29, 1.82) is 0 Å². The molecule has 1 saturated heterocycles. The largest absolute Gasteiger partial charge is 0.490 e. The third kappa shape index (κ3) is 6.99. The summed E-state index contributed by atoms with van der Waals surface area (Å²) in [5, 5.41) is 6.74. The highest BCUT2D eigenvalue weighted by atomic mass is 16.5. The molecule has 2 N–H and O–H groups in total. The van der Waals surface area contributed by atoms with Gasteiger partial charge >= 0.3 is 0 Å². The van der Waals surface area contributed by atoms with Gasteiger partial charge in [-0.2, -0.15) is 0 Å². The number of benzene rings is 1. The highest BCUT2D eigenvalue weighted by molar-refractivity contribution is 5.79.